The van der Waals surface area contributed by atoms with Crippen LogP contribution in [0, 0.1) is 0 Å². The van der Waals surface area contributed by atoms with Crippen LogP contribution in [0.4, 0.5) is 23.1 Å². The number of carbonyl (C=O) groups is 2. The fraction of sp³-hybridized carbons (Fsp3) is 0.300. The first-order chi connectivity index (χ1) is 19.6. The van der Waals surface area contributed by atoms with Crippen LogP contribution in [-0.2, 0) is 16.6 Å². The molecule has 11 nitrogen and oxygen atoms in total. The SMILES string of the molecule is C=CC(=O)Nc1cc(Nc2nccc(-c3cn(C)c4ccccc34)n2)c(OC(C)C)nc1N(C)CCN(C)C(C)=O. The largest absolute Gasteiger partial charge is 0.473 e. The number of hydrogen-bond donors (Lipinski definition) is 2. The normalized spacial score (nSPS) is 10.9. The number of likely N-dealkylation sites (N-methyl/N-ethyl adjacent to an activating group) is 2. The highest BCUT2D eigenvalue weighted by Crippen LogP contribution is 2.36. The second kappa shape index (κ2) is 12.5. The van der Waals surface area contributed by atoms with Crippen molar-refractivity contribution in [2.75, 3.05) is 42.7 Å². The maximum absolute atomic E-state index is 12.3. The number of nitrogens with zero attached hydrogens (tertiary/aromatic N) is 6. The Bertz CT molecular complexity index is 1580. The van der Waals surface area contributed by atoms with Crippen molar-refractivity contribution >= 4 is 45.9 Å². The molecule has 3 heterocycles. The molecule has 0 unspecified atom stereocenters. The topological polar surface area (TPSA) is 118 Å². The smallest absolute Gasteiger partial charge is 0.247 e. The van der Waals surface area contributed by atoms with Crippen LogP contribution in [0.5, 0.6) is 5.88 Å². The van der Waals surface area contributed by atoms with Crippen molar-refractivity contribution in [3.05, 3.63) is 61.4 Å². The molecule has 0 fully saturated rings. The zero-order valence-corrected chi connectivity index (χ0v) is 24.3. The van der Waals surface area contributed by atoms with Gasteiger partial charge in [-0.05, 0) is 38.1 Å². The van der Waals surface area contributed by atoms with Gasteiger partial charge in [0.1, 0.15) is 5.69 Å². The Morgan fingerprint density at radius 3 is 2.59 bits per heavy atom. The van der Waals surface area contributed by atoms with E-state index in [0.29, 0.717) is 42.1 Å². The minimum absolute atomic E-state index is 0.0411. The van der Waals surface area contributed by atoms with E-state index in [1.165, 1.54) is 13.0 Å². The van der Waals surface area contributed by atoms with E-state index in [0.717, 1.165) is 22.2 Å². The summed E-state index contributed by atoms with van der Waals surface area (Å²) in [7, 11) is 5.57. The number of para-hydroxylation sites is 1. The molecule has 0 bridgehead atoms. The van der Waals surface area contributed by atoms with Gasteiger partial charge in [-0.1, -0.05) is 24.8 Å². The first kappa shape index (κ1) is 29.1. The molecular weight excluding hydrogens is 520 g/mol. The van der Waals surface area contributed by atoms with Gasteiger partial charge in [0.2, 0.25) is 23.6 Å². The van der Waals surface area contributed by atoms with Crippen LogP contribution in [0.3, 0.4) is 0 Å². The molecule has 3 aromatic heterocycles. The number of anilines is 4. The van der Waals surface area contributed by atoms with Gasteiger partial charge < -0.3 is 29.7 Å². The molecule has 0 atom stereocenters. The highest BCUT2D eigenvalue weighted by atomic mass is 16.5. The predicted octanol–water partition coefficient (Wildman–Crippen LogP) is 4.60. The standard InChI is InChI=1S/C30H36N8O3/c1-8-27(40)32-24-17-25(29(41-19(2)3)35-28(24)37(6)16-15-36(5)20(4)39)34-30-31-14-13-23(33-30)22-18-38(7)26-12-10-9-11-21(22)26/h8-14,17-19H,1,15-16H2,2-7H3,(H,32,40)(H,31,33,34). The highest BCUT2D eigenvalue weighted by Gasteiger charge is 2.20. The Kier molecular flexibility index (Phi) is 8.86. The third-order valence-corrected chi connectivity index (χ3v) is 6.50. The summed E-state index contributed by atoms with van der Waals surface area (Å²) in [4.78, 5) is 41.5. The predicted molar refractivity (Wildman–Crippen MR) is 163 cm³/mol. The molecule has 41 heavy (non-hydrogen) atoms. The first-order valence-corrected chi connectivity index (χ1v) is 13.3. The lowest BCUT2D eigenvalue weighted by atomic mass is 10.1. The number of rotatable bonds is 11. The molecule has 0 aliphatic heterocycles. The summed E-state index contributed by atoms with van der Waals surface area (Å²) in [5.74, 6) is 0.706. The quantitative estimate of drug-likeness (QED) is 0.258. The summed E-state index contributed by atoms with van der Waals surface area (Å²) in [5, 5.41) is 7.16. The Balaban J connectivity index is 1.73. The molecule has 0 aliphatic rings. The first-order valence-electron chi connectivity index (χ1n) is 13.3. The number of carbonyl (C=O) groups excluding carboxylic acids is 2. The molecule has 1 aromatic carbocycles. The lowest BCUT2D eigenvalue weighted by molar-refractivity contribution is -0.127. The van der Waals surface area contributed by atoms with Crippen molar-refractivity contribution < 1.29 is 14.3 Å². The van der Waals surface area contributed by atoms with Gasteiger partial charge in [-0.25, -0.2) is 9.97 Å². The van der Waals surface area contributed by atoms with Crippen LogP contribution in [0.2, 0.25) is 0 Å². The van der Waals surface area contributed by atoms with Crippen molar-refractivity contribution in [1.29, 1.82) is 0 Å². The molecule has 0 saturated heterocycles. The van der Waals surface area contributed by atoms with Crippen LogP contribution in [0.25, 0.3) is 22.2 Å². The van der Waals surface area contributed by atoms with Crippen LogP contribution >= 0.6 is 0 Å². The van der Waals surface area contributed by atoms with E-state index in [1.54, 1.807) is 24.2 Å². The molecular formula is C30H36N8O3. The molecule has 214 valence electrons. The van der Waals surface area contributed by atoms with Crippen LogP contribution in [0.1, 0.15) is 20.8 Å². The average molecular weight is 557 g/mol. The number of amides is 2. The third-order valence-electron chi connectivity index (χ3n) is 6.50. The monoisotopic (exact) mass is 556 g/mol. The molecule has 2 N–H and O–H groups in total. The summed E-state index contributed by atoms with van der Waals surface area (Å²) in [5.41, 5.74) is 3.75. The van der Waals surface area contributed by atoms with Gasteiger partial charge >= 0.3 is 0 Å². The fourth-order valence-electron chi connectivity index (χ4n) is 4.26. The van der Waals surface area contributed by atoms with E-state index in [1.807, 2.05) is 57.2 Å². The van der Waals surface area contributed by atoms with Crippen LogP contribution < -0.4 is 20.3 Å². The lowest BCUT2D eigenvalue weighted by Gasteiger charge is -2.26. The van der Waals surface area contributed by atoms with Crippen molar-refractivity contribution in [2.24, 2.45) is 7.05 Å². The molecule has 2 amide bonds. The third kappa shape index (κ3) is 6.81. The number of aromatic nitrogens is 4. The second-order valence-corrected chi connectivity index (χ2v) is 10.00. The van der Waals surface area contributed by atoms with Crippen molar-refractivity contribution in [2.45, 2.75) is 26.9 Å². The van der Waals surface area contributed by atoms with Gasteiger partial charge in [0.25, 0.3) is 0 Å². The van der Waals surface area contributed by atoms with Crippen molar-refractivity contribution in [3.63, 3.8) is 0 Å². The van der Waals surface area contributed by atoms with E-state index in [4.69, 9.17) is 14.7 Å². The summed E-state index contributed by atoms with van der Waals surface area (Å²) < 4.78 is 8.14. The molecule has 0 aliphatic carbocycles. The summed E-state index contributed by atoms with van der Waals surface area (Å²) >= 11 is 0. The van der Waals surface area contributed by atoms with E-state index in [-0.39, 0.29) is 17.9 Å². The maximum atomic E-state index is 12.3. The van der Waals surface area contributed by atoms with Gasteiger partial charge in [-0.2, -0.15) is 4.98 Å². The fourth-order valence-corrected chi connectivity index (χ4v) is 4.26. The number of ether oxygens (including phenoxy) is 1. The zero-order chi connectivity index (χ0) is 29.7. The van der Waals surface area contributed by atoms with Gasteiger partial charge in [0, 0.05) is 70.0 Å². The average Bonchev–Trinajstić information content (AvgIpc) is 3.29. The van der Waals surface area contributed by atoms with Gasteiger partial charge in [-0.15, -0.1) is 0 Å². The van der Waals surface area contributed by atoms with E-state index in [2.05, 4.69) is 38.9 Å². The lowest BCUT2D eigenvalue weighted by Crippen LogP contribution is -2.34. The van der Waals surface area contributed by atoms with Crippen LogP contribution in [0.15, 0.2) is 61.4 Å². The number of hydrogen-bond acceptors (Lipinski definition) is 8. The minimum atomic E-state index is -0.389. The zero-order valence-electron chi connectivity index (χ0n) is 24.3. The van der Waals surface area contributed by atoms with Gasteiger partial charge in [-0.3, -0.25) is 9.59 Å². The van der Waals surface area contributed by atoms with E-state index in [9.17, 15) is 9.59 Å². The minimum Gasteiger partial charge on any atom is -0.473 e. The summed E-state index contributed by atoms with van der Waals surface area (Å²) in [6.45, 7) is 9.84. The number of benzene rings is 1. The Hall–Kier alpha value is -4.93. The van der Waals surface area contributed by atoms with E-state index >= 15 is 0 Å². The Morgan fingerprint density at radius 1 is 1.12 bits per heavy atom. The Labute approximate surface area is 239 Å². The molecule has 0 radical (unpaired) electrons. The van der Waals surface area contributed by atoms with Crippen molar-refractivity contribution in [1.82, 2.24) is 24.4 Å². The number of pyridine rings is 1. The maximum Gasteiger partial charge on any atom is 0.247 e. The highest BCUT2D eigenvalue weighted by molar-refractivity contribution is 6.01. The summed E-state index contributed by atoms with van der Waals surface area (Å²) in [6.07, 6.45) is 4.75. The van der Waals surface area contributed by atoms with E-state index < -0.39 is 0 Å². The van der Waals surface area contributed by atoms with Crippen LogP contribution in [-0.4, -0.2) is 69.5 Å². The number of aryl methyl sites for hydroxylation is 1. The van der Waals surface area contributed by atoms with Gasteiger partial charge in [0.05, 0.1) is 17.5 Å². The summed E-state index contributed by atoms with van der Waals surface area (Å²) in [6, 6.07) is 11.7. The van der Waals surface area contributed by atoms with Gasteiger partial charge in [0.15, 0.2) is 5.82 Å². The second-order valence-electron chi connectivity index (χ2n) is 10.00. The number of fused-ring (bicyclic) bond motifs is 1. The molecule has 4 aromatic rings. The molecule has 4 rings (SSSR count). The Morgan fingerprint density at radius 2 is 1.88 bits per heavy atom. The molecule has 0 spiro atoms. The van der Waals surface area contributed by atoms with Crippen molar-refractivity contribution in [3.8, 4) is 17.1 Å². The molecule has 0 saturated carbocycles. The molecule has 11 heteroatoms. The number of nitrogens with one attached hydrogen (secondary N) is 2.